The van der Waals surface area contributed by atoms with Crippen molar-refractivity contribution in [3.8, 4) is 11.1 Å². The minimum Gasteiger partial charge on any atom is -0.366 e. The summed E-state index contributed by atoms with van der Waals surface area (Å²) in [7, 11) is 1.44. The van der Waals surface area contributed by atoms with Gasteiger partial charge in [0.2, 0.25) is 5.91 Å². The van der Waals surface area contributed by atoms with Crippen molar-refractivity contribution < 1.29 is 18.9 Å². The maximum absolute atomic E-state index is 12.4. The number of hydrogen-bond acceptors (Lipinski definition) is 8. The van der Waals surface area contributed by atoms with Gasteiger partial charge in [-0.05, 0) is 13.0 Å². The molecule has 0 atom stereocenters. The Morgan fingerprint density at radius 2 is 1.88 bits per heavy atom. The van der Waals surface area contributed by atoms with Crippen molar-refractivity contribution in [2.45, 2.75) is 13.5 Å². The lowest BCUT2D eigenvalue weighted by atomic mass is 9.94. The van der Waals surface area contributed by atoms with E-state index in [1.807, 2.05) is 0 Å². The van der Waals surface area contributed by atoms with E-state index >= 15 is 0 Å². The summed E-state index contributed by atoms with van der Waals surface area (Å²) in [6, 6.07) is 6.82. The van der Waals surface area contributed by atoms with E-state index in [9.17, 15) is 14.4 Å². The van der Waals surface area contributed by atoms with Crippen molar-refractivity contribution in [2.75, 3.05) is 7.05 Å². The van der Waals surface area contributed by atoms with Crippen molar-refractivity contribution >= 4 is 28.6 Å². The Hall–Kier alpha value is -4.61. The predicted molar refractivity (Wildman–Crippen MR) is 112 cm³/mol. The van der Waals surface area contributed by atoms with Crippen LogP contribution in [0.1, 0.15) is 43.1 Å². The number of nitrogens with zero attached hydrogens (tertiary/aromatic N) is 5. The highest BCUT2D eigenvalue weighted by molar-refractivity contribution is 6.15. The van der Waals surface area contributed by atoms with Crippen molar-refractivity contribution in [3.63, 3.8) is 0 Å². The van der Waals surface area contributed by atoms with Gasteiger partial charge >= 0.3 is 11.8 Å². The van der Waals surface area contributed by atoms with E-state index in [4.69, 9.17) is 16.0 Å². The number of nitrogens with one attached hydrogen (secondary N) is 1. The van der Waals surface area contributed by atoms with Crippen LogP contribution in [0.2, 0.25) is 0 Å². The fraction of sp³-hybridized carbons (Fsp3) is 0.150. The van der Waals surface area contributed by atoms with E-state index in [1.54, 1.807) is 31.2 Å². The van der Waals surface area contributed by atoms with E-state index in [0.717, 1.165) is 0 Å². The Bertz CT molecular complexity index is 1390. The summed E-state index contributed by atoms with van der Waals surface area (Å²) in [5.74, 6) is -2.03. The van der Waals surface area contributed by atoms with Crippen molar-refractivity contribution in [3.05, 3.63) is 59.1 Å². The molecule has 12 nitrogen and oxygen atoms in total. The lowest BCUT2D eigenvalue weighted by Gasteiger charge is -2.14. The van der Waals surface area contributed by atoms with Crippen LogP contribution in [0.5, 0.6) is 0 Å². The molecule has 5 N–H and O–H groups in total. The first-order chi connectivity index (χ1) is 15.3. The first kappa shape index (κ1) is 20.7. The number of pyridine rings is 1. The summed E-state index contributed by atoms with van der Waals surface area (Å²) in [5.41, 5.74) is 12.9. The van der Waals surface area contributed by atoms with Gasteiger partial charge in [0, 0.05) is 29.3 Å². The Morgan fingerprint density at radius 3 is 2.56 bits per heavy atom. The van der Waals surface area contributed by atoms with Gasteiger partial charge in [-0.3, -0.25) is 19.1 Å². The molecule has 32 heavy (non-hydrogen) atoms. The fourth-order valence-corrected chi connectivity index (χ4v) is 3.41. The standard InChI is InChI=1S/C20H18N8O4/c1-9-11(7-24-28(9)8-13-26-20(32-27-13)19(31)23-2)14-15(17(21)29)10-5-3-4-6-12(10)25-16(14)18(22)30/h3-7H,8H2,1-2H3,(H2,21,29)(H2,22,30)(H,23,31). The van der Waals surface area contributed by atoms with Crippen LogP contribution in [0.25, 0.3) is 22.0 Å². The van der Waals surface area contributed by atoms with Gasteiger partial charge in [-0.2, -0.15) is 10.1 Å². The van der Waals surface area contributed by atoms with Gasteiger partial charge in [-0.15, -0.1) is 0 Å². The molecular formula is C20H18N8O4. The summed E-state index contributed by atoms with van der Waals surface area (Å²) in [5, 5.41) is 11.0. The SMILES string of the molecule is CNC(=O)c1nc(Cn2ncc(-c3c(C(N)=O)nc4ccccc4c3C(N)=O)c2C)no1. The molecule has 1 aromatic carbocycles. The Labute approximate surface area is 180 Å². The van der Waals surface area contributed by atoms with E-state index in [1.165, 1.54) is 17.9 Å². The normalized spacial score (nSPS) is 10.9. The molecule has 0 saturated carbocycles. The van der Waals surface area contributed by atoms with E-state index in [0.29, 0.717) is 22.2 Å². The highest BCUT2D eigenvalue weighted by Gasteiger charge is 2.26. The smallest absolute Gasteiger partial charge is 0.315 e. The average Bonchev–Trinajstić information content (AvgIpc) is 3.39. The number of aromatic nitrogens is 5. The second-order valence-corrected chi connectivity index (χ2v) is 6.85. The number of fused-ring (bicyclic) bond motifs is 1. The third kappa shape index (κ3) is 3.43. The Balaban J connectivity index is 1.86. The van der Waals surface area contributed by atoms with Crippen LogP contribution < -0.4 is 16.8 Å². The number of carbonyl (C=O) groups is 3. The number of hydrogen-bond donors (Lipinski definition) is 3. The second-order valence-electron chi connectivity index (χ2n) is 6.85. The zero-order chi connectivity index (χ0) is 23.0. The molecule has 0 aliphatic rings. The van der Waals surface area contributed by atoms with Gasteiger partial charge in [0.1, 0.15) is 12.2 Å². The van der Waals surface area contributed by atoms with E-state index in [-0.39, 0.29) is 35.1 Å². The molecule has 0 unspecified atom stereocenters. The van der Waals surface area contributed by atoms with Crippen molar-refractivity contribution in [1.82, 2.24) is 30.2 Å². The van der Waals surface area contributed by atoms with Gasteiger partial charge in [0.15, 0.2) is 5.82 Å². The minimum absolute atomic E-state index is 0.0746. The molecule has 4 aromatic rings. The number of para-hydroxylation sites is 1. The van der Waals surface area contributed by atoms with Crippen molar-refractivity contribution in [2.24, 2.45) is 11.5 Å². The Kier molecular flexibility index (Phi) is 5.10. The van der Waals surface area contributed by atoms with Crippen molar-refractivity contribution in [1.29, 1.82) is 0 Å². The first-order valence-electron chi connectivity index (χ1n) is 9.41. The molecular weight excluding hydrogens is 416 g/mol. The maximum atomic E-state index is 12.4. The van der Waals surface area contributed by atoms with Gasteiger partial charge in [0.05, 0.1) is 17.3 Å². The van der Waals surface area contributed by atoms with Gasteiger partial charge in [-0.1, -0.05) is 23.4 Å². The quantitative estimate of drug-likeness (QED) is 0.389. The van der Waals surface area contributed by atoms with Crippen LogP contribution in [0.15, 0.2) is 35.0 Å². The Morgan fingerprint density at radius 1 is 1.12 bits per heavy atom. The topological polar surface area (TPSA) is 185 Å². The van der Waals surface area contributed by atoms with E-state index in [2.05, 4.69) is 25.5 Å². The number of rotatable bonds is 6. The van der Waals surface area contributed by atoms with Gasteiger partial charge in [0.25, 0.3) is 5.91 Å². The molecule has 0 radical (unpaired) electrons. The van der Waals surface area contributed by atoms with Crippen LogP contribution >= 0.6 is 0 Å². The summed E-state index contributed by atoms with van der Waals surface area (Å²) in [6.45, 7) is 1.80. The zero-order valence-electron chi connectivity index (χ0n) is 17.1. The molecule has 3 aromatic heterocycles. The van der Waals surface area contributed by atoms with Gasteiger partial charge in [-0.25, -0.2) is 4.98 Å². The van der Waals surface area contributed by atoms with Crippen LogP contribution in [0, 0.1) is 6.92 Å². The molecule has 0 spiro atoms. The number of amides is 3. The molecule has 162 valence electrons. The summed E-state index contributed by atoms with van der Waals surface area (Å²) in [6.07, 6.45) is 1.47. The number of primary amides is 2. The molecule has 0 fully saturated rings. The molecule has 3 amide bonds. The third-order valence-electron chi connectivity index (χ3n) is 4.93. The lowest BCUT2D eigenvalue weighted by Crippen LogP contribution is -2.20. The summed E-state index contributed by atoms with van der Waals surface area (Å²) in [4.78, 5) is 44.7. The lowest BCUT2D eigenvalue weighted by molar-refractivity contribution is 0.0918. The molecule has 0 aliphatic heterocycles. The van der Waals surface area contributed by atoms with E-state index < -0.39 is 17.7 Å². The first-order valence-corrected chi connectivity index (χ1v) is 9.41. The molecule has 0 bridgehead atoms. The summed E-state index contributed by atoms with van der Waals surface area (Å²) < 4.78 is 6.45. The largest absolute Gasteiger partial charge is 0.366 e. The molecule has 0 saturated heterocycles. The highest BCUT2D eigenvalue weighted by atomic mass is 16.5. The fourth-order valence-electron chi connectivity index (χ4n) is 3.41. The molecule has 3 heterocycles. The van der Waals surface area contributed by atoms with Crippen LogP contribution in [0.3, 0.4) is 0 Å². The number of carbonyl (C=O) groups excluding carboxylic acids is 3. The number of nitrogens with two attached hydrogens (primary N) is 2. The molecule has 4 rings (SSSR count). The van der Waals surface area contributed by atoms with Gasteiger partial charge < -0.3 is 21.3 Å². The van der Waals surface area contributed by atoms with Crippen LogP contribution in [-0.4, -0.2) is 49.7 Å². The summed E-state index contributed by atoms with van der Waals surface area (Å²) >= 11 is 0. The monoisotopic (exact) mass is 434 g/mol. The number of benzene rings is 1. The maximum Gasteiger partial charge on any atom is 0.315 e. The second kappa shape index (κ2) is 7.91. The predicted octanol–water partition coefficient (Wildman–Crippen LogP) is 0.395. The van der Waals surface area contributed by atoms with Crippen LogP contribution in [-0.2, 0) is 6.54 Å². The minimum atomic E-state index is -0.811. The highest BCUT2D eigenvalue weighted by Crippen LogP contribution is 2.34. The average molecular weight is 434 g/mol. The van der Waals surface area contributed by atoms with Crippen LogP contribution in [0.4, 0.5) is 0 Å². The molecule has 0 aliphatic carbocycles. The third-order valence-corrected chi connectivity index (χ3v) is 4.93. The zero-order valence-corrected chi connectivity index (χ0v) is 17.1. The molecule has 12 heteroatoms.